The van der Waals surface area contributed by atoms with E-state index in [1.54, 1.807) is 0 Å². The van der Waals surface area contributed by atoms with Crippen LogP contribution in [-0.2, 0) is 9.59 Å². The Balaban J connectivity index is 2.81. The highest BCUT2D eigenvalue weighted by atomic mass is 16.4. The molecule has 0 radical (unpaired) electrons. The van der Waals surface area contributed by atoms with Crippen molar-refractivity contribution in [3.05, 3.63) is 0 Å². The van der Waals surface area contributed by atoms with Gasteiger partial charge in [0.05, 0.1) is 6.42 Å². The van der Waals surface area contributed by atoms with Gasteiger partial charge in [0.25, 0.3) is 0 Å². The number of carbonyl (C=O) groups excluding carboxylic acids is 1. The summed E-state index contributed by atoms with van der Waals surface area (Å²) in [6.45, 7) is 12.1. The molecule has 22 heavy (non-hydrogen) atoms. The average molecular weight is 311 g/mol. The molecule has 0 aromatic heterocycles. The van der Waals surface area contributed by atoms with Crippen LogP contribution in [0.4, 0.5) is 0 Å². The second-order valence-electron chi connectivity index (χ2n) is 8.68. The topological polar surface area (TPSA) is 57.6 Å². The number of rotatable bonds is 7. The Labute approximate surface area is 135 Å². The number of nitrogens with zero attached hydrogens (tertiary/aromatic N) is 1. The summed E-state index contributed by atoms with van der Waals surface area (Å²) in [5.41, 5.74) is -0.254. The molecule has 1 fully saturated rings. The van der Waals surface area contributed by atoms with Gasteiger partial charge in [-0.3, -0.25) is 9.59 Å². The van der Waals surface area contributed by atoms with Crippen LogP contribution in [0.15, 0.2) is 0 Å². The monoisotopic (exact) mass is 311 g/mol. The maximum atomic E-state index is 12.8. The molecule has 0 saturated heterocycles. The van der Waals surface area contributed by atoms with Crippen molar-refractivity contribution in [2.24, 2.45) is 16.7 Å². The van der Waals surface area contributed by atoms with Crippen molar-refractivity contribution in [2.45, 2.75) is 73.1 Å². The molecule has 0 bridgehead atoms. The summed E-state index contributed by atoms with van der Waals surface area (Å²) in [4.78, 5) is 26.0. The van der Waals surface area contributed by atoms with Gasteiger partial charge in [0.15, 0.2) is 0 Å². The number of amides is 1. The van der Waals surface area contributed by atoms with Crippen LogP contribution in [0.3, 0.4) is 0 Å². The lowest BCUT2D eigenvalue weighted by molar-refractivity contribution is -0.142. The van der Waals surface area contributed by atoms with Crippen molar-refractivity contribution >= 4 is 11.9 Å². The largest absolute Gasteiger partial charge is 0.481 e. The quantitative estimate of drug-likeness (QED) is 0.774. The maximum Gasteiger partial charge on any atom is 0.303 e. The first-order chi connectivity index (χ1) is 10.0. The lowest BCUT2D eigenvalue weighted by Gasteiger charge is -2.35. The molecule has 0 aromatic carbocycles. The minimum Gasteiger partial charge on any atom is -0.481 e. The van der Waals surface area contributed by atoms with E-state index in [9.17, 15) is 14.7 Å². The van der Waals surface area contributed by atoms with Crippen LogP contribution >= 0.6 is 0 Å². The molecule has 1 aliphatic rings. The molecule has 4 heteroatoms. The highest BCUT2D eigenvalue weighted by Crippen LogP contribution is 2.44. The summed E-state index contributed by atoms with van der Waals surface area (Å²) in [5.74, 6) is -0.224. The fraction of sp³-hybridized carbons (Fsp3) is 0.889. The first-order valence-electron chi connectivity index (χ1n) is 8.53. The Morgan fingerprint density at radius 3 is 2.09 bits per heavy atom. The summed E-state index contributed by atoms with van der Waals surface area (Å²) in [5, 5.41) is 9.20. The zero-order valence-electron chi connectivity index (χ0n) is 14.9. The van der Waals surface area contributed by atoms with Crippen molar-refractivity contribution in [2.75, 3.05) is 13.1 Å². The van der Waals surface area contributed by atoms with Crippen LogP contribution in [-0.4, -0.2) is 35.0 Å². The van der Waals surface area contributed by atoms with Crippen LogP contribution in [0.1, 0.15) is 73.1 Å². The molecule has 4 nitrogen and oxygen atoms in total. The molecule has 0 atom stereocenters. The van der Waals surface area contributed by atoms with Crippen LogP contribution in [0, 0.1) is 16.7 Å². The molecule has 128 valence electrons. The van der Waals surface area contributed by atoms with Crippen molar-refractivity contribution in [1.29, 1.82) is 0 Å². The SMILES string of the molecule is CC(C)CN(CC(C)(C)C)C(=O)CC1(CC(=O)O)CCCC1. The molecule has 0 spiro atoms. The normalized spacial score (nSPS) is 17.7. The van der Waals surface area contributed by atoms with E-state index in [2.05, 4.69) is 34.6 Å². The third kappa shape index (κ3) is 6.37. The van der Waals surface area contributed by atoms with Crippen LogP contribution in [0.5, 0.6) is 0 Å². The van der Waals surface area contributed by atoms with E-state index in [1.165, 1.54) is 0 Å². The first kappa shape index (κ1) is 19.0. The second kappa shape index (κ2) is 7.47. The Morgan fingerprint density at radius 1 is 1.14 bits per heavy atom. The van der Waals surface area contributed by atoms with E-state index in [0.717, 1.165) is 38.8 Å². The third-order valence-electron chi connectivity index (χ3n) is 4.32. The van der Waals surface area contributed by atoms with Crippen molar-refractivity contribution in [1.82, 2.24) is 4.90 Å². The predicted molar refractivity (Wildman–Crippen MR) is 88.6 cm³/mol. The minimum atomic E-state index is -0.777. The number of carbonyl (C=O) groups is 2. The second-order valence-corrected chi connectivity index (χ2v) is 8.68. The fourth-order valence-corrected chi connectivity index (χ4v) is 3.56. The minimum absolute atomic E-state index is 0.0557. The lowest BCUT2D eigenvalue weighted by Crippen LogP contribution is -2.42. The Kier molecular flexibility index (Phi) is 6.45. The Hall–Kier alpha value is -1.06. The molecule has 0 aliphatic heterocycles. The first-order valence-corrected chi connectivity index (χ1v) is 8.53. The summed E-state index contributed by atoms with van der Waals surface area (Å²) >= 11 is 0. The molecule has 0 unspecified atom stereocenters. The van der Waals surface area contributed by atoms with Gasteiger partial charge >= 0.3 is 5.97 Å². The van der Waals surface area contributed by atoms with Crippen LogP contribution in [0.25, 0.3) is 0 Å². The Bertz CT molecular complexity index is 390. The molecule has 0 heterocycles. The molecule has 1 N–H and O–H groups in total. The average Bonchev–Trinajstić information content (AvgIpc) is 2.72. The summed E-state index contributed by atoms with van der Waals surface area (Å²) in [6.07, 6.45) is 4.35. The van der Waals surface area contributed by atoms with Gasteiger partial charge in [0.1, 0.15) is 0 Å². The predicted octanol–water partition coefficient (Wildman–Crippen LogP) is 3.94. The number of carboxylic acids is 1. The zero-order chi connectivity index (χ0) is 17.0. The van der Waals surface area contributed by atoms with Gasteiger partial charge in [-0.1, -0.05) is 47.5 Å². The zero-order valence-corrected chi connectivity index (χ0v) is 14.9. The highest BCUT2D eigenvalue weighted by molar-refractivity contribution is 5.78. The number of hydrogen-bond acceptors (Lipinski definition) is 2. The molecular formula is C18H33NO3. The molecule has 1 saturated carbocycles. The van der Waals surface area contributed by atoms with Crippen molar-refractivity contribution in [3.63, 3.8) is 0 Å². The van der Waals surface area contributed by atoms with Gasteiger partial charge in [0.2, 0.25) is 5.91 Å². The van der Waals surface area contributed by atoms with Gasteiger partial charge in [-0.05, 0) is 29.6 Å². The molecule has 1 amide bonds. The summed E-state index contributed by atoms with van der Waals surface area (Å²) < 4.78 is 0. The van der Waals surface area contributed by atoms with Crippen LogP contribution < -0.4 is 0 Å². The van der Waals surface area contributed by atoms with E-state index in [4.69, 9.17) is 0 Å². The van der Waals surface area contributed by atoms with Gasteiger partial charge in [-0.2, -0.15) is 0 Å². The Morgan fingerprint density at radius 2 is 1.68 bits per heavy atom. The van der Waals surface area contributed by atoms with Gasteiger partial charge in [0, 0.05) is 19.5 Å². The lowest BCUT2D eigenvalue weighted by atomic mass is 9.79. The van der Waals surface area contributed by atoms with Gasteiger partial charge < -0.3 is 10.0 Å². The van der Waals surface area contributed by atoms with E-state index >= 15 is 0 Å². The summed E-state index contributed by atoms with van der Waals surface area (Å²) in [7, 11) is 0. The molecule has 0 aromatic rings. The molecular weight excluding hydrogens is 278 g/mol. The van der Waals surface area contributed by atoms with E-state index in [1.807, 2.05) is 4.90 Å². The van der Waals surface area contributed by atoms with Crippen molar-refractivity contribution < 1.29 is 14.7 Å². The molecule has 1 aliphatic carbocycles. The van der Waals surface area contributed by atoms with Crippen LogP contribution in [0.2, 0.25) is 0 Å². The smallest absolute Gasteiger partial charge is 0.303 e. The third-order valence-corrected chi connectivity index (χ3v) is 4.32. The van der Waals surface area contributed by atoms with Gasteiger partial charge in [-0.25, -0.2) is 0 Å². The number of carboxylic acid groups (broad SMARTS) is 1. The van der Waals surface area contributed by atoms with Crippen molar-refractivity contribution in [3.8, 4) is 0 Å². The highest BCUT2D eigenvalue weighted by Gasteiger charge is 2.39. The number of hydrogen-bond donors (Lipinski definition) is 1. The molecule has 1 rings (SSSR count). The van der Waals surface area contributed by atoms with E-state index in [0.29, 0.717) is 12.3 Å². The van der Waals surface area contributed by atoms with E-state index < -0.39 is 5.97 Å². The maximum absolute atomic E-state index is 12.8. The van der Waals surface area contributed by atoms with Gasteiger partial charge in [-0.15, -0.1) is 0 Å². The number of aliphatic carboxylic acids is 1. The van der Waals surface area contributed by atoms with E-state index in [-0.39, 0.29) is 23.2 Å². The fourth-order valence-electron chi connectivity index (χ4n) is 3.56. The summed E-state index contributed by atoms with van der Waals surface area (Å²) in [6, 6.07) is 0. The standard InChI is InChI=1S/C18H33NO3/c1-14(2)12-19(13-17(3,4)5)15(20)10-18(11-16(21)22)8-6-7-9-18/h14H,6-13H2,1-5H3,(H,21,22).